The molecule has 5 nitrogen and oxygen atoms in total. The maximum absolute atomic E-state index is 12.6. The summed E-state index contributed by atoms with van der Waals surface area (Å²) in [6.07, 6.45) is 3.57. The van der Waals surface area contributed by atoms with Crippen molar-refractivity contribution in [2.45, 2.75) is 59.4 Å². The van der Waals surface area contributed by atoms with Crippen LogP contribution in [0, 0.1) is 11.8 Å². The lowest BCUT2D eigenvalue weighted by molar-refractivity contribution is 0.341. The summed E-state index contributed by atoms with van der Waals surface area (Å²) in [5, 5.41) is 3.26. The van der Waals surface area contributed by atoms with E-state index < -0.39 is 10.2 Å². The molecule has 7 heteroatoms. The van der Waals surface area contributed by atoms with Crippen LogP contribution < -0.4 is 10.0 Å². The maximum Gasteiger partial charge on any atom is 0.279 e. The molecule has 0 atom stereocenters. The van der Waals surface area contributed by atoms with Crippen molar-refractivity contribution in [2.75, 3.05) is 26.2 Å². The summed E-state index contributed by atoms with van der Waals surface area (Å²) < 4.78 is 29.8. The van der Waals surface area contributed by atoms with Crippen LogP contribution in [0.4, 0.5) is 0 Å². The van der Waals surface area contributed by atoms with Gasteiger partial charge in [-0.15, -0.1) is 12.4 Å². The lowest BCUT2D eigenvalue weighted by Gasteiger charge is -2.29. The van der Waals surface area contributed by atoms with Gasteiger partial charge in [-0.25, -0.2) is 0 Å². The quantitative estimate of drug-likeness (QED) is 0.667. The average molecular weight is 356 g/mol. The smallest absolute Gasteiger partial charge is 0.279 e. The number of halogens is 1. The van der Waals surface area contributed by atoms with Crippen LogP contribution in [-0.2, 0) is 10.2 Å². The van der Waals surface area contributed by atoms with E-state index in [0.717, 1.165) is 38.8 Å². The summed E-state index contributed by atoms with van der Waals surface area (Å²) >= 11 is 0. The number of nitrogens with zero attached hydrogens (tertiary/aromatic N) is 1. The molecular formula is C15H34ClN3O2S. The SMILES string of the molecule is CC(C)CCN(CCC(C)C)S(=O)(=O)NC1CCNCC1.Cl. The average Bonchev–Trinajstić information content (AvgIpc) is 2.38. The van der Waals surface area contributed by atoms with Gasteiger partial charge in [0.25, 0.3) is 10.2 Å². The molecule has 0 unspecified atom stereocenters. The Kier molecular flexibility index (Phi) is 10.9. The molecule has 0 aromatic rings. The molecule has 1 rings (SSSR count). The Labute approximate surface area is 143 Å². The van der Waals surface area contributed by atoms with Gasteiger partial charge in [0.05, 0.1) is 0 Å². The highest BCUT2D eigenvalue weighted by Gasteiger charge is 2.26. The second-order valence-electron chi connectivity index (χ2n) is 6.91. The molecule has 1 aliphatic heterocycles. The molecule has 1 heterocycles. The maximum atomic E-state index is 12.6. The highest BCUT2D eigenvalue weighted by atomic mass is 35.5. The van der Waals surface area contributed by atoms with Crippen molar-refractivity contribution in [2.24, 2.45) is 11.8 Å². The monoisotopic (exact) mass is 355 g/mol. The lowest BCUT2D eigenvalue weighted by Crippen LogP contribution is -2.49. The fraction of sp³-hybridized carbons (Fsp3) is 1.00. The topological polar surface area (TPSA) is 61.4 Å². The van der Waals surface area contributed by atoms with E-state index in [1.165, 1.54) is 0 Å². The van der Waals surface area contributed by atoms with E-state index >= 15 is 0 Å². The fourth-order valence-corrected chi connectivity index (χ4v) is 3.88. The third-order valence-electron chi connectivity index (χ3n) is 3.91. The zero-order chi connectivity index (χ0) is 15.9. The first-order valence-electron chi connectivity index (χ1n) is 8.29. The predicted octanol–water partition coefficient (Wildman–Crippen LogP) is 2.39. The Balaban J connectivity index is 0.00000441. The molecule has 2 N–H and O–H groups in total. The third kappa shape index (κ3) is 8.67. The van der Waals surface area contributed by atoms with Crippen molar-refractivity contribution < 1.29 is 8.42 Å². The van der Waals surface area contributed by atoms with Crippen LogP contribution >= 0.6 is 12.4 Å². The number of piperidine rings is 1. The zero-order valence-corrected chi connectivity index (χ0v) is 16.1. The molecule has 0 saturated carbocycles. The normalized spacial score (nSPS) is 17.2. The Morgan fingerprint density at radius 1 is 1.05 bits per heavy atom. The second-order valence-corrected chi connectivity index (χ2v) is 8.61. The van der Waals surface area contributed by atoms with E-state index in [0.29, 0.717) is 24.9 Å². The minimum absolute atomic E-state index is 0. The van der Waals surface area contributed by atoms with E-state index in [9.17, 15) is 8.42 Å². The Morgan fingerprint density at radius 2 is 1.50 bits per heavy atom. The predicted molar refractivity (Wildman–Crippen MR) is 95.7 cm³/mol. The molecule has 1 saturated heterocycles. The van der Waals surface area contributed by atoms with E-state index in [-0.39, 0.29) is 18.4 Å². The molecule has 0 radical (unpaired) electrons. The largest absolute Gasteiger partial charge is 0.317 e. The van der Waals surface area contributed by atoms with Gasteiger partial charge in [0.15, 0.2) is 0 Å². The number of hydrogen-bond donors (Lipinski definition) is 2. The molecule has 1 fully saturated rings. The van der Waals surface area contributed by atoms with Gasteiger partial charge in [-0.05, 0) is 50.6 Å². The molecule has 0 aromatic heterocycles. The van der Waals surface area contributed by atoms with Crippen LogP contribution in [0.1, 0.15) is 53.4 Å². The van der Waals surface area contributed by atoms with Gasteiger partial charge in [-0.3, -0.25) is 0 Å². The first kappa shape index (κ1) is 22.1. The van der Waals surface area contributed by atoms with Crippen molar-refractivity contribution in [3.05, 3.63) is 0 Å². The minimum atomic E-state index is -3.36. The Bertz CT molecular complexity index is 370. The number of hydrogen-bond acceptors (Lipinski definition) is 3. The van der Waals surface area contributed by atoms with Gasteiger partial charge >= 0.3 is 0 Å². The van der Waals surface area contributed by atoms with Gasteiger partial charge in [-0.2, -0.15) is 17.4 Å². The van der Waals surface area contributed by atoms with Crippen LogP contribution in [0.25, 0.3) is 0 Å². The van der Waals surface area contributed by atoms with Crippen molar-refractivity contribution >= 4 is 22.6 Å². The Hall–Kier alpha value is 0.120. The van der Waals surface area contributed by atoms with Crippen LogP contribution in [0.15, 0.2) is 0 Å². The van der Waals surface area contributed by atoms with Crippen molar-refractivity contribution in [3.8, 4) is 0 Å². The van der Waals surface area contributed by atoms with E-state index in [1.807, 2.05) is 0 Å². The van der Waals surface area contributed by atoms with Gasteiger partial charge in [0.1, 0.15) is 0 Å². The highest BCUT2D eigenvalue weighted by molar-refractivity contribution is 7.87. The summed E-state index contributed by atoms with van der Waals surface area (Å²) in [5.74, 6) is 1.03. The molecule has 22 heavy (non-hydrogen) atoms. The molecule has 1 aliphatic rings. The second kappa shape index (κ2) is 10.8. The zero-order valence-electron chi connectivity index (χ0n) is 14.5. The molecule has 0 amide bonds. The van der Waals surface area contributed by atoms with Crippen molar-refractivity contribution in [1.82, 2.24) is 14.3 Å². The summed E-state index contributed by atoms with van der Waals surface area (Å²) in [7, 11) is -3.36. The summed E-state index contributed by atoms with van der Waals surface area (Å²) in [6.45, 7) is 11.5. The molecule has 0 aliphatic carbocycles. The van der Waals surface area contributed by atoms with Crippen LogP contribution in [0.5, 0.6) is 0 Å². The van der Waals surface area contributed by atoms with Gasteiger partial charge in [0.2, 0.25) is 0 Å². The van der Waals surface area contributed by atoms with E-state index in [1.54, 1.807) is 4.31 Å². The first-order chi connectivity index (χ1) is 9.81. The first-order valence-corrected chi connectivity index (χ1v) is 9.73. The Morgan fingerprint density at radius 3 is 1.91 bits per heavy atom. The van der Waals surface area contributed by atoms with Crippen molar-refractivity contribution in [1.29, 1.82) is 0 Å². The molecule has 134 valence electrons. The minimum Gasteiger partial charge on any atom is -0.317 e. The van der Waals surface area contributed by atoms with E-state index in [4.69, 9.17) is 0 Å². The van der Waals surface area contributed by atoms with Gasteiger partial charge < -0.3 is 5.32 Å². The van der Waals surface area contributed by atoms with Gasteiger partial charge in [0, 0.05) is 19.1 Å². The van der Waals surface area contributed by atoms with Gasteiger partial charge in [-0.1, -0.05) is 27.7 Å². The molecule has 0 spiro atoms. The number of nitrogens with one attached hydrogen (secondary N) is 2. The molecule has 0 bridgehead atoms. The van der Waals surface area contributed by atoms with E-state index in [2.05, 4.69) is 37.7 Å². The molecular weight excluding hydrogens is 322 g/mol. The van der Waals surface area contributed by atoms with Crippen molar-refractivity contribution in [3.63, 3.8) is 0 Å². The highest BCUT2D eigenvalue weighted by Crippen LogP contribution is 2.12. The third-order valence-corrected chi connectivity index (χ3v) is 5.58. The van der Waals surface area contributed by atoms with Crippen LogP contribution in [-0.4, -0.2) is 44.9 Å². The summed E-state index contributed by atoms with van der Waals surface area (Å²) in [6, 6.07) is 0.0804. The summed E-state index contributed by atoms with van der Waals surface area (Å²) in [4.78, 5) is 0. The fourth-order valence-electron chi connectivity index (χ4n) is 2.38. The van der Waals surface area contributed by atoms with Crippen LogP contribution in [0.3, 0.4) is 0 Å². The lowest BCUT2D eigenvalue weighted by atomic mass is 10.1. The molecule has 0 aromatic carbocycles. The van der Waals surface area contributed by atoms with Crippen LogP contribution in [0.2, 0.25) is 0 Å². The standard InChI is InChI=1S/C15H33N3O2S.ClH/c1-13(2)7-11-18(12-8-14(3)4)21(19,20)17-15-5-9-16-10-6-15;/h13-17H,5-12H2,1-4H3;1H. The number of rotatable bonds is 9. The summed E-state index contributed by atoms with van der Waals surface area (Å²) in [5.41, 5.74) is 0.